The van der Waals surface area contributed by atoms with Gasteiger partial charge < -0.3 is 4.74 Å². The molecule has 1 aromatic heterocycles. The maximum Gasteiger partial charge on any atom is 0.229 e. The largest absolute Gasteiger partial charge is 0.473 e. The predicted octanol–water partition coefficient (Wildman–Crippen LogP) is 0.189. The Kier molecular flexibility index (Phi) is 5.82. The van der Waals surface area contributed by atoms with Crippen molar-refractivity contribution in [1.29, 1.82) is 0 Å². The highest BCUT2D eigenvalue weighted by Gasteiger charge is 2.32. The van der Waals surface area contributed by atoms with Gasteiger partial charge in [0.15, 0.2) is 0 Å². The normalized spacial score (nSPS) is 22.5. The number of imide groups is 1. The molecule has 0 bridgehead atoms. The van der Waals surface area contributed by atoms with E-state index in [2.05, 4.69) is 9.97 Å². The Bertz CT molecular complexity index is 739. The fourth-order valence-corrected chi connectivity index (χ4v) is 4.63. The highest BCUT2D eigenvalue weighted by molar-refractivity contribution is 7.89. The van der Waals surface area contributed by atoms with Crippen LogP contribution in [0, 0.1) is 0 Å². The first-order chi connectivity index (χ1) is 12.5. The van der Waals surface area contributed by atoms with Crippen molar-refractivity contribution >= 4 is 21.8 Å². The molecule has 2 saturated heterocycles. The number of amides is 2. The molecule has 2 aliphatic heterocycles. The number of piperidine rings is 2. The second-order valence-electron chi connectivity index (χ2n) is 6.40. The monoisotopic (exact) mass is 382 g/mol. The molecular formula is C16H22N4O5S. The van der Waals surface area contributed by atoms with Crippen molar-refractivity contribution in [2.45, 2.75) is 38.2 Å². The van der Waals surface area contributed by atoms with E-state index in [0.717, 1.165) is 11.3 Å². The van der Waals surface area contributed by atoms with Crippen molar-refractivity contribution in [2.75, 3.05) is 25.4 Å². The number of nitrogens with zero attached hydrogens (tertiary/aromatic N) is 4. The number of carbonyl (C=O) groups excluding carboxylic acids is 2. The van der Waals surface area contributed by atoms with Crippen molar-refractivity contribution in [3.8, 4) is 5.88 Å². The Morgan fingerprint density at radius 2 is 1.96 bits per heavy atom. The molecule has 0 radical (unpaired) electrons. The molecule has 0 N–H and O–H groups in total. The summed E-state index contributed by atoms with van der Waals surface area (Å²) in [6.45, 7) is 0.552. The zero-order chi connectivity index (χ0) is 18.6. The molecule has 0 aliphatic carbocycles. The molecule has 1 aromatic rings. The zero-order valence-electron chi connectivity index (χ0n) is 14.4. The van der Waals surface area contributed by atoms with Gasteiger partial charge in [0.05, 0.1) is 12.3 Å². The molecule has 0 saturated carbocycles. The molecule has 142 valence electrons. The molecule has 10 heteroatoms. The fourth-order valence-electron chi connectivity index (χ4n) is 3.16. The van der Waals surface area contributed by atoms with Gasteiger partial charge in [-0.3, -0.25) is 14.5 Å². The van der Waals surface area contributed by atoms with E-state index in [1.807, 2.05) is 0 Å². The summed E-state index contributed by atoms with van der Waals surface area (Å²) < 4.78 is 32.4. The Hall–Kier alpha value is -2.07. The quantitative estimate of drug-likeness (QED) is 0.646. The van der Waals surface area contributed by atoms with Gasteiger partial charge in [-0.05, 0) is 19.3 Å². The van der Waals surface area contributed by atoms with Gasteiger partial charge in [0, 0.05) is 38.2 Å². The molecular weight excluding hydrogens is 360 g/mol. The maximum absolute atomic E-state index is 12.6. The van der Waals surface area contributed by atoms with E-state index in [1.165, 1.54) is 10.6 Å². The van der Waals surface area contributed by atoms with Crippen LogP contribution in [0.2, 0.25) is 0 Å². The third kappa shape index (κ3) is 4.55. The maximum atomic E-state index is 12.6. The summed E-state index contributed by atoms with van der Waals surface area (Å²) in [5.74, 6) is -0.432. The minimum atomic E-state index is -3.58. The van der Waals surface area contributed by atoms with Crippen molar-refractivity contribution in [3.63, 3.8) is 0 Å². The van der Waals surface area contributed by atoms with E-state index in [0.29, 0.717) is 38.1 Å². The Labute approximate surface area is 152 Å². The number of hydrogen-bond donors (Lipinski definition) is 0. The van der Waals surface area contributed by atoms with E-state index in [4.69, 9.17) is 4.74 Å². The standard InChI is InChI=1S/C16H22N4O5S/c21-15-4-1-5-16(22)20(15)9-10-26(23,24)19-8-2-3-13(11-19)25-14-6-7-17-12-18-14/h6-7,12-13H,1-5,8-11H2. The number of sulfonamides is 1. The van der Waals surface area contributed by atoms with Crippen LogP contribution in [0.3, 0.4) is 0 Å². The first-order valence-electron chi connectivity index (χ1n) is 8.69. The number of rotatable bonds is 6. The summed E-state index contributed by atoms with van der Waals surface area (Å²) in [4.78, 5) is 32.5. The van der Waals surface area contributed by atoms with Crippen molar-refractivity contribution in [2.24, 2.45) is 0 Å². The second kappa shape index (κ2) is 8.09. The molecule has 2 fully saturated rings. The number of ether oxygens (including phenoxy) is 1. The molecule has 9 nitrogen and oxygen atoms in total. The SMILES string of the molecule is O=C1CCCC(=O)N1CCS(=O)(=O)N1CCCC(Oc2ccncn2)C1. The summed E-state index contributed by atoms with van der Waals surface area (Å²) >= 11 is 0. The average Bonchev–Trinajstić information content (AvgIpc) is 2.62. The Balaban J connectivity index is 1.58. The van der Waals surface area contributed by atoms with Crippen LogP contribution in [0.5, 0.6) is 5.88 Å². The lowest BCUT2D eigenvalue weighted by Crippen LogP contribution is -2.48. The van der Waals surface area contributed by atoms with Gasteiger partial charge >= 0.3 is 0 Å². The van der Waals surface area contributed by atoms with Crippen molar-refractivity contribution in [1.82, 2.24) is 19.2 Å². The van der Waals surface area contributed by atoms with E-state index in [9.17, 15) is 18.0 Å². The minimum Gasteiger partial charge on any atom is -0.473 e. The zero-order valence-corrected chi connectivity index (χ0v) is 15.2. The smallest absolute Gasteiger partial charge is 0.229 e. The third-order valence-corrected chi connectivity index (χ3v) is 6.35. The van der Waals surface area contributed by atoms with Gasteiger partial charge in [-0.25, -0.2) is 18.4 Å². The average molecular weight is 382 g/mol. The number of aromatic nitrogens is 2. The van der Waals surface area contributed by atoms with E-state index < -0.39 is 10.0 Å². The van der Waals surface area contributed by atoms with Crippen LogP contribution < -0.4 is 4.74 Å². The highest BCUT2D eigenvalue weighted by Crippen LogP contribution is 2.19. The third-order valence-electron chi connectivity index (χ3n) is 4.53. The molecule has 0 spiro atoms. The predicted molar refractivity (Wildman–Crippen MR) is 91.6 cm³/mol. The number of carbonyl (C=O) groups is 2. The molecule has 2 amide bonds. The van der Waals surface area contributed by atoms with E-state index in [1.54, 1.807) is 12.3 Å². The van der Waals surface area contributed by atoms with Gasteiger partial charge in [0.25, 0.3) is 0 Å². The molecule has 1 atom stereocenters. The first-order valence-corrected chi connectivity index (χ1v) is 10.3. The summed E-state index contributed by atoms with van der Waals surface area (Å²) in [7, 11) is -3.58. The Morgan fingerprint density at radius 1 is 1.19 bits per heavy atom. The lowest BCUT2D eigenvalue weighted by Gasteiger charge is -2.32. The number of hydrogen-bond acceptors (Lipinski definition) is 7. The lowest BCUT2D eigenvalue weighted by molar-refractivity contribution is -0.147. The summed E-state index contributed by atoms with van der Waals surface area (Å²) in [6, 6.07) is 1.63. The van der Waals surface area contributed by atoms with Crippen molar-refractivity contribution < 1.29 is 22.7 Å². The van der Waals surface area contributed by atoms with Crippen LogP contribution in [0.15, 0.2) is 18.6 Å². The second-order valence-corrected chi connectivity index (χ2v) is 8.48. The van der Waals surface area contributed by atoms with Crippen LogP contribution in [0.1, 0.15) is 32.1 Å². The molecule has 26 heavy (non-hydrogen) atoms. The van der Waals surface area contributed by atoms with Crippen LogP contribution in [-0.2, 0) is 19.6 Å². The summed E-state index contributed by atoms with van der Waals surface area (Å²) in [5.41, 5.74) is 0. The van der Waals surface area contributed by atoms with E-state index in [-0.39, 0.29) is 36.8 Å². The summed E-state index contributed by atoms with van der Waals surface area (Å²) in [6.07, 6.45) is 5.19. The molecule has 0 aromatic carbocycles. The van der Waals surface area contributed by atoms with Crippen LogP contribution in [0.25, 0.3) is 0 Å². The van der Waals surface area contributed by atoms with Crippen LogP contribution in [-0.4, -0.2) is 70.9 Å². The van der Waals surface area contributed by atoms with Gasteiger partial charge in [0.2, 0.25) is 27.7 Å². The van der Waals surface area contributed by atoms with Gasteiger partial charge in [-0.15, -0.1) is 0 Å². The minimum absolute atomic E-state index is 0.0894. The molecule has 3 heterocycles. The topological polar surface area (TPSA) is 110 Å². The highest BCUT2D eigenvalue weighted by atomic mass is 32.2. The molecule has 2 aliphatic rings. The lowest BCUT2D eigenvalue weighted by atomic mass is 10.1. The van der Waals surface area contributed by atoms with Crippen molar-refractivity contribution in [3.05, 3.63) is 18.6 Å². The number of likely N-dealkylation sites (tertiary alicyclic amines) is 1. The fraction of sp³-hybridized carbons (Fsp3) is 0.625. The Morgan fingerprint density at radius 3 is 2.65 bits per heavy atom. The molecule has 3 rings (SSSR count). The van der Waals surface area contributed by atoms with Gasteiger partial charge in [0.1, 0.15) is 12.4 Å². The first kappa shape index (κ1) is 18.7. The van der Waals surface area contributed by atoms with E-state index >= 15 is 0 Å². The van der Waals surface area contributed by atoms with Crippen LogP contribution >= 0.6 is 0 Å². The summed E-state index contributed by atoms with van der Waals surface area (Å²) in [5, 5.41) is 0. The van der Waals surface area contributed by atoms with Crippen LogP contribution in [0.4, 0.5) is 0 Å². The van der Waals surface area contributed by atoms with Gasteiger partial charge in [-0.2, -0.15) is 4.31 Å². The molecule has 1 unspecified atom stereocenters. The van der Waals surface area contributed by atoms with Gasteiger partial charge in [-0.1, -0.05) is 0 Å².